The molecule has 1 amide bonds. The second kappa shape index (κ2) is 8.23. The van der Waals surface area contributed by atoms with E-state index in [1.165, 1.54) is 0 Å². The molecule has 0 saturated heterocycles. The molecule has 0 aromatic rings. The van der Waals surface area contributed by atoms with Crippen molar-refractivity contribution in [3.05, 3.63) is 0 Å². The van der Waals surface area contributed by atoms with Crippen LogP contribution in [0.1, 0.15) is 25.7 Å². The number of nitrogens with zero attached hydrogens (tertiary/aromatic N) is 1. The van der Waals surface area contributed by atoms with Crippen molar-refractivity contribution < 1.29 is 29.4 Å². The van der Waals surface area contributed by atoms with Crippen LogP contribution < -0.4 is 5.32 Å². The van der Waals surface area contributed by atoms with Crippen LogP contribution in [-0.4, -0.2) is 48.0 Å². The Kier molecular flexibility index (Phi) is 6.64. The Morgan fingerprint density at radius 2 is 1.95 bits per heavy atom. The van der Waals surface area contributed by atoms with Crippen LogP contribution in [0.5, 0.6) is 0 Å². The smallest absolute Gasteiger partial charge is 0.323 e. The van der Waals surface area contributed by atoms with Crippen LogP contribution in [0.15, 0.2) is 5.16 Å². The summed E-state index contributed by atoms with van der Waals surface area (Å²) in [5.74, 6) is -3.58. The van der Waals surface area contributed by atoms with Crippen LogP contribution in [0.4, 0.5) is 0 Å². The molecule has 1 atom stereocenters. The van der Waals surface area contributed by atoms with Crippen molar-refractivity contribution in [3.63, 3.8) is 0 Å². The number of carbonyl (C=O) groups excluding carboxylic acids is 2. The van der Waals surface area contributed by atoms with Gasteiger partial charge in [0.25, 0.3) is 0 Å². The zero-order chi connectivity index (χ0) is 15.8. The molecule has 0 radical (unpaired) electrons. The van der Waals surface area contributed by atoms with Crippen LogP contribution in [-0.2, 0) is 19.1 Å². The molecular formula is C13H20N2O6. The first kappa shape index (κ1) is 16.9. The number of hydrogen-bond donors (Lipinski definition) is 3. The van der Waals surface area contributed by atoms with Gasteiger partial charge in [0, 0.05) is 6.54 Å². The average molecular weight is 300 g/mol. The van der Waals surface area contributed by atoms with E-state index in [1.807, 2.05) is 0 Å². The van der Waals surface area contributed by atoms with Crippen LogP contribution >= 0.6 is 0 Å². The van der Waals surface area contributed by atoms with E-state index in [-0.39, 0.29) is 11.8 Å². The largest absolute Gasteiger partial charge is 0.481 e. The summed E-state index contributed by atoms with van der Waals surface area (Å²) in [6.45, 7) is 0.359. The fourth-order valence-electron chi connectivity index (χ4n) is 2.40. The average Bonchev–Trinajstić information content (AvgIpc) is 2.49. The fraction of sp³-hybridized carbons (Fsp3) is 0.692. The molecule has 1 aliphatic rings. The summed E-state index contributed by atoms with van der Waals surface area (Å²) >= 11 is 0. The molecule has 1 saturated carbocycles. The number of carbonyl (C=O) groups is 3. The van der Waals surface area contributed by atoms with Crippen molar-refractivity contribution in [2.45, 2.75) is 25.7 Å². The van der Waals surface area contributed by atoms with Crippen molar-refractivity contribution >= 4 is 24.1 Å². The minimum Gasteiger partial charge on any atom is -0.481 e. The van der Waals surface area contributed by atoms with Crippen molar-refractivity contribution in [1.29, 1.82) is 0 Å². The zero-order valence-corrected chi connectivity index (χ0v) is 11.8. The van der Waals surface area contributed by atoms with Gasteiger partial charge in [0.05, 0.1) is 19.2 Å². The summed E-state index contributed by atoms with van der Waals surface area (Å²) in [5, 5.41) is 22.7. The molecule has 118 valence electrons. The lowest BCUT2D eigenvalue weighted by Gasteiger charge is -2.26. The highest BCUT2D eigenvalue weighted by Crippen LogP contribution is 2.28. The summed E-state index contributed by atoms with van der Waals surface area (Å²) in [7, 11) is 1.14. The van der Waals surface area contributed by atoms with E-state index in [0.717, 1.165) is 13.3 Å². The number of ether oxygens (including phenoxy) is 1. The number of hydrogen-bond acceptors (Lipinski definition) is 6. The second-order valence-corrected chi connectivity index (χ2v) is 5.07. The predicted octanol–water partition coefficient (Wildman–Crippen LogP) is 0.243. The number of esters is 1. The standard InChI is InChI=1S/C13H20N2O6/c1-21-13(19)10(7-15-20)11(16)14-6-8-2-4-9(5-3-8)12(17)18/h7-10,20H,2-6H2,1H3,(H,14,16)(H,17,18)/b15-7+. The molecule has 0 spiro atoms. The van der Waals surface area contributed by atoms with Gasteiger partial charge in [0.2, 0.25) is 5.91 Å². The number of methoxy groups -OCH3 is 1. The van der Waals surface area contributed by atoms with Gasteiger partial charge in [-0.05, 0) is 31.6 Å². The van der Waals surface area contributed by atoms with Gasteiger partial charge in [-0.15, -0.1) is 5.16 Å². The maximum atomic E-state index is 11.8. The quantitative estimate of drug-likeness (QED) is 0.212. The maximum absolute atomic E-state index is 11.8. The molecule has 0 aromatic heterocycles. The number of amides is 1. The second-order valence-electron chi connectivity index (χ2n) is 5.07. The van der Waals surface area contributed by atoms with Gasteiger partial charge in [-0.25, -0.2) is 0 Å². The van der Waals surface area contributed by atoms with E-state index >= 15 is 0 Å². The Morgan fingerprint density at radius 3 is 2.43 bits per heavy atom. The van der Waals surface area contributed by atoms with Crippen molar-refractivity contribution in [2.24, 2.45) is 22.9 Å². The van der Waals surface area contributed by atoms with Gasteiger partial charge in [-0.2, -0.15) is 0 Å². The summed E-state index contributed by atoms with van der Waals surface area (Å²) in [6.07, 6.45) is 3.42. The molecule has 8 heteroatoms. The lowest BCUT2D eigenvalue weighted by molar-refractivity contribution is -0.147. The number of carboxylic acid groups (broad SMARTS) is 1. The minimum atomic E-state index is -1.28. The summed E-state index contributed by atoms with van der Waals surface area (Å²) in [6, 6.07) is 0. The van der Waals surface area contributed by atoms with Gasteiger partial charge in [0.1, 0.15) is 0 Å². The normalized spacial score (nSPS) is 23.5. The molecular weight excluding hydrogens is 280 g/mol. The third-order valence-electron chi connectivity index (χ3n) is 3.71. The van der Waals surface area contributed by atoms with E-state index in [2.05, 4.69) is 15.2 Å². The first-order chi connectivity index (χ1) is 9.99. The van der Waals surface area contributed by atoms with Crippen LogP contribution in [0.2, 0.25) is 0 Å². The molecule has 8 nitrogen and oxygen atoms in total. The van der Waals surface area contributed by atoms with Gasteiger partial charge < -0.3 is 20.4 Å². The monoisotopic (exact) mass is 300 g/mol. The van der Waals surface area contributed by atoms with Gasteiger partial charge >= 0.3 is 11.9 Å². The van der Waals surface area contributed by atoms with E-state index in [4.69, 9.17) is 10.3 Å². The molecule has 0 heterocycles. The fourth-order valence-corrected chi connectivity index (χ4v) is 2.40. The number of rotatable bonds is 6. The molecule has 1 rings (SSSR count). The summed E-state index contributed by atoms with van der Waals surface area (Å²) < 4.78 is 4.45. The lowest BCUT2D eigenvalue weighted by atomic mass is 9.82. The van der Waals surface area contributed by atoms with E-state index in [1.54, 1.807) is 0 Å². The maximum Gasteiger partial charge on any atom is 0.323 e. The van der Waals surface area contributed by atoms with Crippen LogP contribution in [0.3, 0.4) is 0 Å². The molecule has 1 unspecified atom stereocenters. The number of aliphatic carboxylic acids is 1. The molecule has 21 heavy (non-hydrogen) atoms. The van der Waals surface area contributed by atoms with E-state index < -0.39 is 23.8 Å². The van der Waals surface area contributed by atoms with Crippen molar-refractivity contribution in [1.82, 2.24) is 5.32 Å². The summed E-state index contributed by atoms with van der Waals surface area (Å²) in [5.41, 5.74) is 0. The Balaban J connectivity index is 2.42. The molecule has 3 N–H and O–H groups in total. The number of nitrogens with one attached hydrogen (secondary N) is 1. The Labute approximate surface area is 122 Å². The third kappa shape index (κ3) is 5.05. The first-order valence-corrected chi connectivity index (χ1v) is 6.75. The highest BCUT2D eigenvalue weighted by molar-refractivity contribution is 6.10. The SMILES string of the molecule is COC(=O)C(/C=N/O)C(=O)NCC1CCC(C(=O)O)CC1. The van der Waals surface area contributed by atoms with Crippen LogP contribution in [0, 0.1) is 17.8 Å². The van der Waals surface area contributed by atoms with Crippen LogP contribution in [0.25, 0.3) is 0 Å². The predicted molar refractivity (Wildman–Crippen MR) is 71.9 cm³/mol. The third-order valence-corrected chi connectivity index (χ3v) is 3.71. The van der Waals surface area contributed by atoms with Gasteiger partial charge in [-0.1, -0.05) is 0 Å². The lowest BCUT2D eigenvalue weighted by Crippen LogP contribution is -2.40. The highest BCUT2D eigenvalue weighted by Gasteiger charge is 2.29. The molecule has 1 aliphatic carbocycles. The van der Waals surface area contributed by atoms with Gasteiger partial charge in [0.15, 0.2) is 5.92 Å². The van der Waals surface area contributed by atoms with Crippen molar-refractivity contribution in [3.8, 4) is 0 Å². The van der Waals surface area contributed by atoms with E-state index in [9.17, 15) is 14.4 Å². The van der Waals surface area contributed by atoms with Crippen molar-refractivity contribution in [2.75, 3.05) is 13.7 Å². The molecule has 0 aliphatic heterocycles. The van der Waals surface area contributed by atoms with E-state index in [0.29, 0.717) is 32.2 Å². The highest BCUT2D eigenvalue weighted by atomic mass is 16.5. The minimum absolute atomic E-state index is 0.189. The molecule has 0 bridgehead atoms. The van der Waals surface area contributed by atoms with Gasteiger partial charge in [-0.3, -0.25) is 14.4 Å². The Bertz CT molecular complexity index is 415. The summed E-state index contributed by atoms with van der Waals surface area (Å²) in [4.78, 5) is 34.0. The molecule has 0 aromatic carbocycles. The Hall–Kier alpha value is -2.12. The zero-order valence-electron chi connectivity index (χ0n) is 11.8. The topological polar surface area (TPSA) is 125 Å². The number of carboxylic acids is 1. The first-order valence-electron chi connectivity index (χ1n) is 6.75. The Morgan fingerprint density at radius 1 is 1.33 bits per heavy atom. The molecule has 1 fully saturated rings. The number of oxime groups is 1.